The Hall–Kier alpha value is -2.41. The summed E-state index contributed by atoms with van der Waals surface area (Å²) in [7, 11) is 1.71. The summed E-state index contributed by atoms with van der Waals surface area (Å²) in [5, 5.41) is 2.32. The van der Waals surface area contributed by atoms with Crippen LogP contribution in [0.25, 0.3) is 0 Å². The molecule has 0 saturated carbocycles. The van der Waals surface area contributed by atoms with E-state index in [-0.39, 0.29) is 28.6 Å². The lowest BCUT2D eigenvalue weighted by Crippen LogP contribution is -2.33. The number of benzene rings is 1. The molecule has 1 aromatic carbocycles. The second-order valence-electron chi connectivity index (χ2n) is 5.52. The summed E-state index contributed by atoms with van der Waals surface area (Å²) in [6, 6.07) is 11.1. The summed E-state index contributed by atoms with van der Waals surface area (Å²) < 4.78 is 12.8. The number of halogens is 1. The maximum atomic E-state index is 12.8. The van der Waals surface area contributed by atoms with Crippen LogP contribution in [0, 0.1) is 5.82 Å². The van der Waals surface area contributed by atoms with Crippen LogP contribution in [0.4, 0.5) is 10.1 Å². The zero-order chi connectivity index (χ0) is 18.2. The topological polar surface area (TPSA) is 62.3 Å². The van der Waals surface area contributed by atoms with E-state index in [1.54, 1.807) is 25.1 Å². The molecule has 2 aromatic rings. The largest absolute Gasteiger partial charge is 0.339 e. The number of pyridine rings is 1. The third kappa shape index (κ3) is 6.19. The Balaban J connectivity index is 1.78. The van der Waals surface area contributed by atoms with Gasteiger partial charge in [0, 0.05) is 18.9 Å². The quantitative estimate of drug-likeness (QED) is 0.824. The molecule has 0 spiro atoms. The van der Waals surface area contributed by atoms with Gasteiger partial charge in [0.1, 0.15) is 5.82 Å². The maximum Gasteiger partial charge on any atom is 0.235 e. The summed E-state index contributed by atoms with van der Waals surface area (Å²) in [4.78, 5) is 30.1. The first-order valence-electron chi connectivity index (χ1n) is 7.77. The Labute approximate surface area is 150 Å². The van der Waals surface area contributed by atoms with E-state index >= 15 is 0 Å². The molecule has 0 aliphatic heterocycles. The molecule has 1 unspecified atom stereocenters. The van der Waals surface area contributed by atoms with E-state index in [2.05, 4.69) is 10.3 Å². The third-order valence-corrected chi connectivity index (χ3v) is 4.57. The molecule has 5 nitrogen and oxygen atoms in total. The van der Waals surface area contributed by atoms with Gasteiger partial charge >= 0.3 is 0 Å². The lowest BCUT2D eigenvalue weighted by Gasteiger charge is -2.20. The lowest BCUT2D eigenvalue weighted by atomic mass is 10.3. The van der Waals surface area contributed by atoms with Crippen LogP contribution < -0.4 is 5.32 Å². The Morgan fingerprint density at radius 3 is 2.60 bits per heavy atom. The molecule has 1 aromatic heterocycles. The highest BCUT2D eigenvalue weighted by molar-refractivity contribution is 8.01. The molecule has 0 fully saturated rings. The molecule has 7 heteroatoms. The summed E-state index contributed by atoms with van der Waals surface area (Å²) in [6.07, 6.45) is 1.69. The summed E-state index contributed by atoms with van der Waals surface area (Å²) >= 11 is 1.26. The number of carbonyl (C=O) groups excluding carboxylic acids is 2. The van der Waals surface area contributed by atoms with Gasteiger partial charge < -0.3 is 10.2 Å². The minimum atomic E-state index is -0.359. The van der Waals surface area contributed by atoms with Crippen molar-refractivity contribution in [2.75, 3.05) is 18.1 Å². The van der Waals surface area contributed by atoms with Crippen LogP contribution in [0.15, 0.2) is 48.7 Å². The predicted molar refractivity (Wildman–Crippen MR) is 97.7 cm³/mol. The van der Waals surface area contributed by atoms with Gasteiger partial charge in [-0.3, -0.25) is 14.6 Å². The van der Waals surface area contributed by atoms with Crippen LogP contribution in [0.1, 0.15) is 12.6 Å². The number of nitrogens with one attached hydrogen (secondary N) is 1. The molecule has 0 aliphatic carbocycles. The van der Waals surface area contributed by atoms with Crippen molar-refractivity contribution < 1.29 is 14.0 Å². The van der Waals surface area contributed by atoms with E-state index < -0.39 is 0 Å². The van der Waals surface area contributed by atoms with Crippen LogP contribution >= 0.6 is 11.8 Å². The van der Waals surface area contributed by atoms with Gasteiger partial charge in [-0.05, 0) is 43.3 Å². The van der Waals surface area contributed by atoms with Crippen LogP contribution in [0.2, 0.25) is 0 Å². The number of rotatable bonds is 7. The summed E-state index contributed by atoms with van der Waals surface area (Å²) in [6.45, 7) is 2.19. The molecular weight excluding hydrogens is 341 g/mol. The van der Waals surface area contributed by atoms with Gasteiger partial charge in [-0.15, -0.1) is 11.8 Å². The van der Waals surface area contributed by atoms with Crippen molar-refractivity contribution in [3.05, 3.63) is 60.2 Å². The maximum absolute atomic E-state index is 12.8. The molecule has 1 atom stereocenters. The fourth-order valence-electron chi connectivity index (χ4n) is 2.13. The van der Waals surface area contributed by atoms with E-state index in [4.69, 9.17) is 0 Å². The molecule has 0 radical (unpaired) electrons. The molecule has 0 saturated heterocycles. The number of amides is 2. The zero-order valence-corrected chi connectivity index (χ0v) is 14.9. The van der Waals surface area contributed by atoms with Gasteiger partial charge in [0.15, 0.2) is 0 Å². The second kappa shape index (κ2) is 9.17. The van der Waals surface area contributed by atoms with Crippen molar-refractivity contribution in [1.82, 2.24) is 9.88 Å². The average molecular weight is 361 g/mol. The Morgan fingerprint density at radius 2 is 1.96 bits per heavy atom. The van der Waals surface area contributed by atoms with E-state index in [1.165, 1.54) is 36.0 Å². The number of hydrogen-bond acceptors (Lipinski definition) is 4. The van der Waals surface area contributed by atoms with E-state index in [1.807, 2.05) is 18.2 Å². The first-order chi connectivity index (χ1) is 12.0. The highest BCUT2D eigenvalue weighted by Gasteiger charge is 2.19. The van der Waals surface area contributed by atoms with Gasteiger partial charge in [-0.25, -0.2) is 4.39 Å². The van der Waals surface area contributed by atoms with Crippen molar-refractivity contribution in [3.63, 3.8) is 0 Å². The van der Waals surface area contributed by atoms with E-state index in [0.29, 0.717) is 12.2 Å². The SMILES string of the molecule is CC(SCC(=O)Nc1ccc(F)cc1)C(=O)N(C)Cc1ccccn1. The number of anilines is 1. The van der Waals surface area contributed by atoms with Crippen molar-refractivity contribution in [2.45, 2.75) is 18.7 Å². The Bertz CT molecular complexity index is 710. The number of nitrogens with zero attached hydrogens (tertiary/aromatic N) is 2. The lowest BCUT2D eigenvalue weighted by molar-refractivity contribution is -0.129. The van der Waals surface area contributed by atoms with Crippen LogP contribution in [0.3, 0.4) is 0 Å². The highest BCUT2D eigenvalue weighted by atomic mass is 32.2. The smallest absolute Gasteiger partial charge is 0.235 e. The number of hydrogen-bond donors (Lipinski definition) is 1. The van der Waals surface area contributed by atoms with Gasteiger partial charge in [0.2, 0.25) is 11.8 Å². The molecule has 0 aliphatic rings. The highest BCUT2D eigenvalue weighted by Crippen LogP contribution is 2.15. The molecule has 1 N–H and O–H groups in total. The number of aromatic nitrogens is 1. The molecular formula is C18H20FN3O2S. The van der Waals surface area contributed by atoms with E-state index in [9.17, 15) is 14.0 Å². The third-order valence-electron chi connectivity index (χ3n) is 3.44. The normalized spacial score (nSPS) is 11.6. The Morgan fingerprint density at radius 1 is 1.24 bits per heavy atom. The number of carbonyl (C=O) groups is 2. The minimum Gasteiger partial charge on any atom is -0.339 e. The standard InChI is InChI=1S/C18H20FN3O2S/c1-13(18(24)22(2)11-16-5-3-4-10-20-16)25-12-17(23)21-15-8-6-14(19)7-9-15/h3-10,13H,11-12H2,1-2H3,(H,21,23). The average Bonchev–Trinajstić information content (AvgIpc) is 2.61. The zero-order valence-electron chi connectivity index (χ0n) is 14.1. The monoisotopic (exact) mass is 361 g/mol. The first-order valence-corrected chi connectivity index (χ1v) is 8.82. The molecule has 25 heavy (non-hydrogen) atoms. The molecule has 132 valence electrons. The van der Waals surface area contributed by atoms with Gasteiger partial charge in [-0.2, -0.15) is 0 Å². The fraction of sp³-hybridized carbons (Fsp3) is 0.278. The molecule has 1 heterocycles. The van der Waals surface area contributed by atoms with Crippen molar-refractivity contribution in [3.8, 4) is 0 Å². The van der Waals surface area contributed by atoms with E-state index in [0.717, 1.165) is 5.69 Å². The van der Waals surface area contributed by atoms with Gasteiger partial charge in [-0.1, -0.05) is 6.07 Å². The van der Waals surface area contributed by atoms with Crippen LogP contribution in [-0.2, 0) is 16.1 Å². The van der Waals surface area contributed by atoms with Crippen molar-refractivity contribution in [2.24, 2.45) is 0 Å². The first kappa shape index (κ1) is 18.9. The Kier molecular flexibility index (Phi) is 6.94. The summed E-state index contributed by atoms with van der Waals surface area (Å²) in [5.41, 5.74) is 1.34. The fourth-order valence-corrected chi connectivity index (χ4v) is 2.92. The number of thioether (sulfide) groups is 1. The van der Waals surface area contributed by atoms with Gasteiger partial charge in [0.25, 0.3) is 0 Å². The van der Waals surface area contributed by atoms with Crippen LogP contribution in [-0.4, -0.2) is 39.7 Å². The van der Waals surface area contributed by atoms with Gasteiger partial charge in [0.05, 0.1) is 23.2 Å². The molecule has 0 bridgehead atoms. The second-order valence-corrected chi connectivity index (χ2v) is 6.85. The van der Waals surface area contributed by atoms with Crippen molar-refractivity contribution in [1.29, 1.82) is 0 Å². The predicted octanol–water partition coefficient (Wildman–Crippen LogP) is 2.94. The summed E-state index contributed by atoms with van der Waals surface area (Å²) in [5.74, 6) is -0.516. The minimum absolute atomic E-state index is 0.0646. The van der Waals surface area contributed by atoms with Crippen LogP contribution in [0.5, 0.6) is 0 Å². The van der Waals surface area contributed by atoms with Crippen molar-refractivity contribution >= 4 is 29.3 Å². The molecule has 2 rings (SSSR count). The molecule has 2 amide bonds.